The fourth-order valence-corrected chi connectivity index (χ4v) is 2.27. The summed E-state index contributed by atoms with van der Waals surface area (Å²) < 4.78 is 19.6. The standard InChI is InChI=1S/C17H21FN2O/c1-3-9-20-17(15-8-10-19-12-16(15)18)13-6-5-7-14(11-13)21-4-2/h5-8,10-12,17,20H,3-4,9H2,1-2H3. The third kappa shape index (κ3) is 4.02. The molecule has 0 spiro atoms. The van der Waals surface area contributed by atoms with E-state index in [4.69, 9.17) is 4.74 Å². The molecule has 21 heavy (non-hydrogen) atoms. The molecular weight excluding hydrogens is 267 g/mol. The van der Waals surface area contributed by atoms with Crippen LogP contribution >= 0.6 is 0 Å². The Bertz CT molecular complexity index is 574. The van der Waals surface area contributed by atoms with Crippen molar-refractivity contribution in [2.45, 2.75) is 26.3 Å². The van der Waals surface area contributed by atoms with Crippen molar-refractivity contribution in [2.75, 3.05) is 13.2 Å². The lowest BCUT2D eigenvalue weighted by Crippen LogP contribution is -2.24. The molecule has 1 aromatic carbocycles. The Kier molecular flexibility index (Phi) is 5.69. The van der Waals surface area contributed by atoms with Crippen LogP contribution in [0.3, 0.4) is 0 Å². The third-order valence-electron chi connectivity index (χ3n) is 3.22. The number of pyridine rings is 1. The molecule has 4 heteroatoms. The predicted molar refractivity (Wildman–Crippen MR) is 81.9 cm³/mol. The summed E-state index contributed by atoms with van der Waals surface area (Å²) >= 11 is 0. The van der Waals surface area contributed by atoms with Gasteiger partial charge in [-0.05, 0) is 43.7 Å². The van der Waals surface area contributed by atoms with E-state index in [0.29, 0.717) is 12.2 Å². The predicted octanol–water partition coefficient (Wildman–Crippen LogP) is 3.71. The van der Waals surface area contributed by atoms with Crippen molar-refractivity contribution >= 4 is 0 Å². The Morgan fingerprint density at radius 1 is 1.29 bits per heavy atom. The van der Waals surface area contributed by atoms with Gasteiger partial charge in [0.15, 0.2) is 0 Å². The van der Waals surface area contributed by atoms with Gasteiger partial charge in [-0.2, -0.15) is 0 Å². The second kappa shape index (κ2) is 7.74. The molecule has 1 unspecified atom stereocenters. The monoisotopic (exact) mass is 288 g/mol. The summed E-state index contributed by atoms with van der Waals surface area (Å²) in [7, 11) is 0. The molecule has 1 aromatic heterocycles. The Balaban J connectivity index is 2.36. The molecule has 0 saturated carbocycles. The van der Waals surface area contributed by atoms with E-state index < -0.39 is 0 Å². The van der Waals surface area contributed by atoms with E-state index in [1.807, 2.05) is 31.2 Å². The van der Waals surface area contributed by atoms with Crippen LogP contribution in [0.25, 0.3) is 0 Å². The van der Waals surface area contributed by atoms with Gasteiger partial charge < -0.3 is 10.1 Å². The minimum absolute atomic E-state index is 0.201. The van der Waals surface area contributed by atoms with Gasteiger partial charge in [0, 0.05) is 11.8 Å². The highest BCUT2D eigenvalue weighted by Gasteiger charge is 2.17. The van der Waals surface area contributed by atoms with Crippen LogP contribution in [0, 0.1) is 5.82 Å². The summed E-state index contributed by atoms with van der Waals surface area (Å²) in [6, 6.07) is 9.29. The maximum atomic E-state index is 14.1. The van der Waals surface area contributed by atoms with Gasteiger partial charge in [0.1, 0.15) is 11.6 Å². The van der Waals surface area contributed by atoms with Gasteiger partial charge in [-0.15, -0.1) is 0 Å². The van der Waals surface area contributed by atoms with E-state index in [2.05, 4.69) is 17.2 Å². The smallest absolute Gasteiger partial charge is 0.146 e. The van der Waals surface area contributed by atoms with Crippen molar-refractivity contribution in [3.05, 3.63) is 59.7 Å². The van der Waals surface area contributed by atoms with E-state index in [9.17, 15) is 4.39 Å². The molecule has 0 bridgehead atoms. The van der Waals surface area contributed by atoms with Crippen molar-refractivity contribution in [2.24, 2.45) is 0 Å². The number of nitrogens with one attached hydrogen (secondary N) is 1. The molecule has 2 rings (SSSR count). The molecule has 1 heterocycles. The van der Waals surface area contributed by atoms with Crippen molar-refractivity contribution < 1.29 is 9.13 Å². The van der Waals surface area contributed by atoms with Crippen LogP contribution in [0.5, 0.6) is 5.75 Å². The molecule has 0 saturated heterocycles. The fraction of sp³-hybridized carbons (Fsp3) is 0.353. The summed E-state index contributed by atoms with van der Waals surface area (Å²) in [4.78, 5) is 3.82. The van der Waals surface area contributed by atoms with Gasteiger partial charge in [-0.1, -0.05) is 19.1 Å². The lowest BCUT2D eigenvalue weighted by atomic mass is 9.99. The SMILES string of the molecule is CCCNC(c1cccc(OCC)c1)c1ccncc1F. The zero-order chi connectivity index (χ0) is 15.1. The quantitative estimate of drug-likeness (QED) is 0.843. The van der Waals surface area contributed by atoms with E-state index >= 15 is 0 Å². The number of nitrogens with zero attached hydrogens (tertiary/aromatic N) is 1. The van der Waals surface area contributed by atoms with Gasteiger partial charge in [0.2, 0.25) is 0 Å². The van der Waals surface area contributed by atoms with Crippen LogP contribution in [0.4, 0.5) is 4.39 Å². The number of hydrogen-bond acceptors (Lipinski definition) is 3. The van der Waals surface area contributed by atoms with Crippen molar-refractivity contribution in [1.82, 2.24) is 10.3 Å². The molecule has 0 radical (unpaired) electrons. The molecule has 0 fully saturated rings. The first kappa shape index (κ1) is 15.4. The van der Waals surface area contributed by atoms with Crippen LogP contribution in [0.15, 0.2) is 42.7 Å². The highest BCUT2D eigenvalue weighted by molar-refractivity contribution is 5.36. The Morgan fingerprint density at radius 3 is 2.86 bits per heavy atom. The second-order valence-electron chi connectivity index (χ2n) is 4.79. The molecule has 3 nitrogen and oxygen atoms in total. The summed E-state index contributed by atoms with van der Waals surface area (Å²) in [5.74, 6) is 0.501. The van der Waals surface area contributed by atoms with Crippen molar-refractivity contribution in [3.63, 3.8) is 0 Å². The van der Waals surface area contributed by atoms with Gasteiger partial charge in [-0.25, -0.2) is 4.39 Å². The Hall–Kier alpha value is -1.94. The van der Waals surface area contributed by atoms with E-state index in [0.717, 1.165) is 24.3 Å². The number of aromatic nitrogens is 1. The minimum Gasteiger partial charge on any atom is -0.494 e. The Morgan fingerprint density at radius 2 is 2.14 bits per heavy atom. The third-order valence-corrected chi connectivity index (χ3v) is 3.22. The molecule has 0 aliphatic carbocycles. The lowest BCUT2D eigenvalue weighted by molar-refractivity contribution is 0.339. The molecule has 2 aromatic rings. The van der Waals surface area contributed by atoms with Gasteiger partial charge in [0.05, 0.1) is 18.8 Å². The van der Waals surface area contributed by atoms with Gasteiger partial charge in [0.25, 0.3) is 0 Å². The minimum atomic E-state index is -0.298. The maximum Gasteiger partial charge on any atom is 0.146 e. The number of halogens is 1. The molecule has 1 N–H and O–H groups in total. The Labute approximate surface area is 125 Å². The summed E-state index contributed by atoms with van der Waals surface area (Å²) in [6.45, 7) is 5.46. The number of benzene rings is 1. The lowest BCUT2D eigenvalue weighted by Gasteiger charge is -2.20. The van der Waals surface area contributed by atoms with Gasteiger partial charge >= 0.3 is 0 Å². The van der Waals surface area contributed by atoms with E-state index in [1.165, 1.54) is 6.20 Å². The average molecular weight is 288 g/mol. The first-order valence-electron chi connectivity index (χ1n) is 7.31. The molecule has 112 valence electrons. The zero-order valence-corrected chi connectivity index (χ0v) is 12.5. The zero-order valence-electron chi connectivity index (χ0n) is 12.5. The molecule has 0 amide bonds. The van der Waals surface area contributed by atoms with Crippen LogP contribution in [0.2, 0.25) is 0 Å². The van der Waals surface area contributed by atoms with E-state index in [1.54, 1.807) is 12.3 Å². The first-order valence-corrected chi connectivity index (χ1v) is 7.31. The largest absolute Gasteiger partial charge is 0.494 e. The maximum absolute atomic E-state index is 14.1. The molecule has 0 aliphatic heterocycles. The molecular formula is C17H21FN2O. The normalized spacial score (nSPS) is 12.1. The summed E-state index contributed by atoms with van der Waals surface area (Å²) in [5.41, 5.74) is 1.59. The fourth-order valence-electron chi connectivity index (χ4n) is 2.27. The summed E-state index contributed by atoms with van der Waals surface area (Å²) in [5, 5.41) is 3.39. The van der Waals surface area contributed by atoms with Crippen molar-refractivity contribution in [3.8, 4) is 5.75 Å². The first-order chi connectivity index (χ1) is 10.3. The summed E-state index contributed by atoms with van der Waals surface area (Å²) in [6.07, 6.45) is 3.85. The van der Waals surface area contributed by atoms with Gasteiger partial charge in [-0.3, -0.25) is 4.98 Å². The van der Waals surface area contributed by atoms with Crippen LogP contribution in [-0.4, -0.2) is 18.1 Å². The average Bonchev–Trinajstić information content (AvgIpc) is 2.50. The number of hydrogen-bond donors (Lipinski definition) is 1. The van der Waals surface area contributed by atoms with Crippen molar-refractivity contribution in [1.29, 1.82) is 0 Å². The van der Waals surface area contributed by atoms with Crippen LogP contribution < -0.4 is 10.1 Å². The molecule has 0 aliphatic rings. The number of rotatable bonds is 7. The topological polar surface area (TPSA) is 34.1 Å². The highest BCUT2D eigenvalue weighted by Crippen LogP contribution is 2.26. The highest BCUT2D eigenvalue weighted by atomic mass is 19.1. The molecule has 1 atom stereocenters. The van der Waals surface area contributed by atoms with Crippen LogP contribution in [-0.2, 0) is 0 Å². The second-order valence-corrected chi connectivity index (χ2v) is 4.79. The van der Waals surface area contributed by atoms with E-state index in [-0.39, 0.29) is 11.9 Å². The number of ether oxygens (including phenoxy) is 1. The van der Waals surface area contributed by atoms with Crippen LogP contribution in [0.1, 0.15) is 37.4 Å².